The quantitative estimate of drug-likeness (QED) is 0.381. The first-order valence-electron chi connectivity index (χ1n) is 7.65. The minimum Gasteiger partial charge on any atom is -0.508 e. The highest BCUT2D eigenvalue weighted by atomic mass is 32.2. The topological polar surface area (TPSA) is 142 Å². The van der Waals surface area contributed by atoms with Gasteiger partial charge in [0.15, 0.2) is 0 Å². The van der Waals surface area contributed by atoms with Crippen molar-refractivity contribution < 1.29 is 24.6 Å². The zero-order valence-corrected chi connectivity index (χ0v) is 14.7. The number of carboxylic acids is 1. The fourth-order valence-electron chi connectivity index (χ4n) is 2.05. The lowest BCUT2D eigenvalue weighted by molar-refractivity contribution is -0.138. The number of phenolic OH excluding ortho intramolecular Hbond substituents is 1. The predicted octanol–water partition coefficient (Wildman–Crippen LogP) is -0.299. The summed E-state index contributed by atoms with van der Waals surface area (Å²) in [7, 11) is 0. The van der Waals surface area contributed by atoms with Crippen LogP contribution in [-0.4, -0.2) is 58.6 Å². The number of carboxylic acid groups (broad SMARTS) is 1. The average Bonchev–Trinajstić information content (AvgIpc) is 2.58. The predicted molar refractivity (Wildman–Crippen MR) is 95.4 cm³/mol. The summed E-state index contributed by atoms with van der Waals surface area (Å²) >= 11 is 1.51. The first-order chi connectivity index (χ1) is 11.8. The second-order valence-electron chi connectivity index (χ2n) is 5.43. The van der Waals surface area contributed by atoms with E-state index in [1.165, 1.54) is 23.9 Å². The van der Waals surface area contributed by atoms with Gasteiger partial charge in [0.05, 0.1) is 6.04 Å². The molecule has 2 atom stereocenters. The number of nitrogens with one attached hydrogen (secondary N) is 2. The highest BCUT2D eigenvalue weighted by molar-refractivity contribution is 7.98. The second kappa shape index (κ2) is 10.6. The number of aliphatic carboxylic acids is 1. The highest BCUT2D eigenvalue weighted by Crippen LogP contribution is 2.11. The van der Waals surface area contributed by atoms with Crippen molar-refractivity contribution in [2.45, 2.75) is 24.9 Å². The Morgan fingerprint density at radius 1 is 1.20 bits per heavy atom. The summed E-state index contributed by atoms with van der Waals surface area (Å²) in [6, 6.07) is 4.61. The lowest BCUT2D eigenvalue weighted by atomic mass is 10.1. The Morgan fingerprint density at radius 2 is 1.84 bits per heavy atom. The number of carbonyl (C=O) groups is 3. The van der Waals surface area contributed by atoms with Gasteiger partial charge in [-0.1, -0.05) is 12.1 Å². The van der Waals surface area contributed by atoms with E-state index in [-0.39, 0.29) is 12.2 Å². The van der Waals surface area contributed by atoms with Gasteiger partial charge in [-0.2, -0.15) is 11.8 Å². The molecule has 1 aromatic carbocycles. The fraction of sp³-hybridized carbons (Fsp3) is 0.438. The Kier molecular flexibility index (Phi) is 8.79. The second-order valence-corrected chi connectivity index (χ2v) is 6.42. The third kappa shape index (κ3) is 7.90. The minimum atomic E-state index is -1.16. The molecular formula is C16H23N3O5S. The molecule has 0 spiro atoms. The molecule has 9 heteroatoms. The number of carbonyl (C=O) groups excluding carboxylic acids is 2. The van der Waals surface area contributed by atoms with Crippen molar-refractivity contribution in [1.29, 1.82) is 0 Å². The summed E-state index contributed by atoms with van der Waals surface area (Å²) in [6.45, 7) is -0.510. The number of hydrogen-bond donors (Lipinski definition) is 5. The van der Waals surface area contributed by atoms with Gasteiger partial charge >= 0.3 is 5.97 Å². The molecule has 2 amide bonds. The van der Waals surface area contributed by atoms with Crippen LogP contribution in [0.15, 0.2) is 24.3 Å². The van der Waals surface area contributed by atoms with E-state index in [1.807, 2.05) is 6.26 Å². The van der Waals surface area contributed by atoms with Crippen LogP contribution in [-0.2, 0) is 20.8 Å². The molecule has 138 valence electrons. The zero-order chi connectivity index (χ0) is 18.8. The molecule has 8 nitrogen and oxygen atoms in total. The Hall–Kier alpha value is -2.26. The molecule has 25 heavy (non-hydrogen) atoms. The molecule has 1 rings (SSSR count). The Balaban J connectivity index is 2.63. The third-order valence-corrected chi connectivity index (χ3v) is 4.03. The summed E-state index contributed by atoms with van der Waals surface area (Å²) in [5, 5.41) is 22.7. The van der Waals surface area contributed by atoms with Gasteiger partial charge in [0, 0.05) is 0 Å². The van der Waals surface area contributed by atoms with E-state index in [9.17, 15) is 19.5 Å². The molecule has 0 bridgehead atoms. The molecule has 0 aliphatic rings. The van der Waals surface area contributed by atoms with Crippen LogP contribution >= 0.6 is 11.8 Å². The van der Waals surface area contributed by atoms with E-state index in [0.29, 0.717) is 12.2 Å². The van der Waals surface area contributed by atoms with Crippen LogP contribution in [0.25, 0.3) is 0 Å². The summed E-state index contributed by atoms with van der Waals surface area (Å²) in [4.78, 5) is 34.8. The first kappa shape index (κ1) is 20.8. The van der Waals surface area contributed by atoms with Crippen LogP contribution < -0.4 is 16.4 Å². The molecule has 1 aromatic rings. The number of hydrogen-bond acceptors (Lipinski definition) is 6. The van der Waals surface area contributed by atoms with Crippen molar-refractivity contribution >= 4 is 29.5 Å². The number of nitrogens with two attached hydrogens (primary N) is 1. The summed E-state index contributed by atoms with van der Waals surface area (Å²) in [5.41, 5.74) is 6.66. The van der Waals surface area contributed by atoms with Crippen molar-refractivity contribution in [1.82, 2.24) is 10.6 Å². The smallest absolute Gasteiger partial charge is 0.322 e. The van der Waals surface area contributed by atoms with Gasteiger partial charge in [-0.25, -0.2) is 0 Å². The summed E-state index contributed by atoms with van der Waals surface area (Å²) < 4.78 is 0. The maximum atomic E-state index is 12.2. The van der Waals surface area contributed by atoms with E-state index in [0.717, 1.165) is 5.56 Å². The molecule has 0 radical (unpaired) electrons. The molecule has 2 unspecified atom stereocenters. The maximum Gasteiger partial charge on any atom is 0.322 e. The molecule has 0 fully saturated rings. The Bertz CT molecular complexity index is 594. The maximum absolute atomic E-state index is 12.2. The summed E-state index contributed by atoms with van der Waals surface area (Å²) in [5.74, 6) is -1.47. The van der Waals surface area contributed by atoms with Crippen LogP contribution in [0.4, 0.5) is 0 Å². The number of benzene rings is 1. The van der Waals surface area contributed by atoms with Crippen molar-refractivity contribution in [3.8, 4) is 5.75 Å². The molecular weight excluding hydrogens is 346 g/mol. The van der Waals surface area contributed by atoms with Crippen molar-refractivity contribution in [2.24, 2.45) is 5.73 Å². The SMILES string of the molecule is CSCCC(NC(=O)C(N)Cc1ccc(O)cc1)C(=O)NCC(=O)O. The molecule has 0 saturated heterocycles. The van der Waals surface area contributed by atoms with Gasteiger partial charge in [-0.15, -0.1) is 0 Å². The van der Waals surface area contributed by atoms with E-state index in [2.05, 4.69) is 10.6 Å². The van der Waals surface area contributed by atoms with E-state index in [4.69, 9.17) is 10.8 Å². The monoisotopic (exact) mass is 369 g/mol. The highest BCUT2D eigenvalue weighted by Gasteiger charge is 2.23. The largest absolute Gasteiger partial charge is 0.508 e. The van der Waals surface area contributed by atoms with E-state index >= 15 is 0 Å². The van der Waals surface area contributed by atoms with Gasteiger partial charge in [-0.05, 0) is 42.5 Å². The molecule has 0 aromatic heterocycles. The van der Waals surface area contributed by atoms with Gasteiger partial charge in [0.2, 0.25) is 11.8 Å². The molecule has 0 aliphatic heterocycles. The number of aromatic hydroxyl groups is 1. The Morgan fingerprint density at radius 3 is 2.40 bits per heavy atom. The zero-order valence-electron chi connectivity index (χ0n) is 13.9. The average molecular weight is 369 g/mol. The van der Waals surface area contributed by atoms with Gasteiger partial charge in [-0.3, -0.25) is 14.4 Å². The molecule has 6 N–H and O–H groups in total. The van der Waals surface area contributed by atoms with Gasteiger partial charge in [0.1, 0.15) is 18.3 Å². The number of thioether (sulfide) groups is 1. The minimum absolute atomic E-state index is 0.119. The number of rotatable bonds is 10. The van der Waals surface area contributed by atoms with E-state index < -0.39 is 36.4 Å². The lowest BCUT2D eigenvalue weighted by Crippen LogP contribution is -2.52. The number of amides is 2. The standard InChI is InChI=1S/C16H23N3O5S/c1-25-7-6-13(16(24)18-9-14(21)22)19-15(23)12(17)8-10-2-4-11(20)5-3-10/h2-5,12-13,20H,6-9,17H2,1H3,(H,18,24)(H,19,23)(H,21,22). The van der Waals surface area contributed by atoms with Crippen LogP contribution in [0.5, 0.6) is 5.75 Å². The normalized spacial score (nSPS) is 12.9. The fourth-order valence-corrected chi connectivity index (χ4v) is 2.52. The first-order valence-corrected chi connectivity index (χ1v) is 9.05. The molecule has 0 aliphatic carbocycles. The Labute approximate surface area is 150 Å². The van der Waals surface area contributed by atoms with Crippen molar-refractivity contribution in [3.05, 3.63) is 29.8 Å². The van der Waals surface area contributed by atoms with Gasteiger partial charge in [0.25, 0.3) is 0 Å². The molecule has 0 heterocycles. The van der Waals surface area contributed by atoms with Crippen LogP contribution in [0.1, 0.15) is 12.0 Å². The van der Waals surface area contributed by atoms with Crippen LogP contribution in [0, 0.1) is 0 Å². The van der Waals surface area contributed by atoms with E-state index in [1.54, 1.807) is 12.1 Å². The number of phenols is 1. The molecule has 0 saturated carbocycles. The summed E-state index contributed by atoms with van der Waals surface area (Å²) in [6.07, 6.45) is 2.48. The van der Waals surface area contributed by atoms with Crippen molar-refractivity contribution in [3.63, 3.8) is 0 Å². The third-order valence-electron chi connectivity index (χ3n) is 3.39. The van der Waals surface area contributed by atoms with Crippen LogP contribution in [0.3, 0.4) is 0 Å². The van der Waals surface area contributed by atoms with Gasteiger partial charge < -0.3 is 26.6 Å². The lowest BCUT2D eigenvalue weighted by Gasteiger charge is -2.20. The van der Waals surface area contributed by atoms with Crippen LogP contribution in [0.2, 0.25) is 0 Å². The van der Waals surface area contributed by atoms with Crippen molar-refractivity contribution in [2.75, 3.05) is 18.6 Å².